The number of pyridine rings is 1. The molecule has 144 valence electrons. The molecule has 0 saturated heterocycles. The van der Waals surface area contributed by atoms with Crippen molar-refractivity contribution in [3.05, 3.63) is 60.0 Å². The third-order valence-corrected chi connectivity index (χ3v) is 5.00. The minimum Gasteiger partial charge on any atom is -0.411 e. The first-order chi connectivity index (χ1) is 13.8. The highest BCUT2D eigenvalue weighted by Crippen LogP contribution is 2.34. The van der Waals surface area contributed by atoms with Gasteiger partial charge in [-0.3, -0.25) is 9.67 Å². The summed E-state index contributed by atoms with van der Waals surface area (Å²) in [7, 11) is 0. The largest absolute Gasteiger partial charge is 0.411 e. The van der Waals surface area contributed by atoms with Gasteiger partial charge >= 0.3 is 0 Å². The average Bonchev–Trinajstić information content (AvgIpc) is 3.35. The summed E-state index contributed by atoms with van der Waals surface area (Å²) >= 11 is 0. The first-order valence-electron chi connectivity index (χ1n) is 9.44. The van der Waals surface area contributed by atoms with Crippen LogP contribution in [0.4, 0.5) is 0 Å². The maximum Gasteiger partial charge on any atom is 0.100 e. The quantitative estimate of drug-likeness (QED) is 0.334. The molecule has 1 aromatic carbocycles. The molecule has 3 N–H and O–H groups in total. The van der Waals surface area contributed by atoms with Crippen LogP contribution >= 0.6 is 0 Å². The summed E-state index contributed by atoms with van der Waals surface area (Å²) in [6, 6.07) is 10.2. The second-order valence-corrected chi connectivity index (χ2v) is 6.78. The molecule has 0 aliphatic heterocycles. The summed E-state index contributed by atoms with van der Waals surface area (Å²) in [5.41, 5.74) is 7.07. The van der Waals surface area contributed by atoms with Crippen molar-refractivity contribution in [1.82, 2.24) is 20.1 Å². The second kappa shape index (κ2) is 8.33. The van der Waals surface area contributed by atoms with Gasteiger partial charge in [0.15, 0.2) is 0 Å². The van der Waals surface area contributed by atoms with Crippen LogP contribution in [0.25, 0.3) is 22.4 Å². The summed E-state index contributed by atoms with van der Waals surface area (Å²) in [6.07, 6.45) is 7.25. The number of benzene rings is 1. The van der Waals surface area contributed by atoms with Gasteiger partial charge in [0, 0.05) is 48.4 Å². The van der Waals surface area contributed by atoms with Gasteiger partial charge in [-0.2, -0.15) is 5.10 Å². The average molecular weight is 377 g/mol. The number of aryl methyl sites for hydroxylation is 1. The van der Waals surface area contributed by atoms with Gasteiger partial charge in [-0.05, 0) is 36.1 Å². The highest BCUT2D eigenvalue weighted by molar-refractivity contribution is 6.04. The van der Waals surface area contributed by atoms with Gasteiger partial charge in [-0.25, -0.2) is 0 Å². The van der Waals surface area contributed by atoms with Crippen molar-refractivity contribution in [3.8, 4) is 22.4 Å². The molecule has 0 bridgehead atoms. The van der Waals surface area contributed by atoms with Crippen LogP contribution in [0.15, 0.2) is 54.1 Å². The van der Waals surface area contributed by atoms with Crippen molar-refractivity contribution in [3.63, 3.8) is 0 Å². The first kappa shape index (κ1) is 18.3. The Kier molecular flexibility index (Phi) is 5.45. The van der Waals surface area contributed by atoms with Gasteiger partial charge < -0.3 is 15.6 Å². The number of aromatic nitrogens is 3. The molecule has 0 amide bonds. The molecule has 3 aromatic rings. The minimum atomic E-state index is 0.126. The van der Waals surface area contributed by atoms with Crippen LogP contribution in [-0.2, 0) is 13.0 Å². The number of hydrogen-bond acceptors (Lipinski definition) is 6. The molecule has 0 spiro atoms. The summed E-state index contributed by atoms with van der Waals surface area (Å²) in [5.74, 6) is 0. The number of aliphatic hydroxyl groups is 1. The van der Waals surface area contributed by atoms with Crippen molar-refractivity contribution >= 4 is 5.71 Å². The zero-order chi connectivity index (χ0) is 19.3. The van der Waals surface area contributed by atoms with E-state index >= 15 is 0 Å². The first-order valence-corrected chi connectivity index (χ1v) is 9.44. The van der Waals surface area contributed by atoms with Gasteiger partial charge in [0.2, 0.25) is 0 Å². The number of aliphatic hydroxyl groups excluding tert-OH is 1. The monoisotopic (exact) mass is 377 g/mol. The summed E-state index contributed by atoms with van der Waals surface area (Å²) in [6.45, 7) is 2.15. The Morgan fingerprint density at radius 1 is 1.04 bits per heavy atom. The Bertz CT molecular complexity index is 982. The molecule has 4 rings (SSSR count). The van der Waals surface area contributed by atoms with Crippen LogP contribution in [-0.4, -0.2) is 50.5 Å². The fraction of sp³-hybridized carbons (Fsp3) is 0.286. The molecule has 2 heterocycles. The van der Waals surface area contributed by atoms with E-state index in [0.29, 0.717) is 13.1 Å². The number of nitrogens with zero attached hydrogens (tertiary/aromatic N) is 4. The van der Waals surface area contributed by atoms with Crippen molar-refractivity contribution < 1.29 is 10.3 Å². The van der Waals surface area contributed by atoms with Crippen molar-refractivity contribution in [2.45, 2.75) is 19.4 Å². The van der Waals surface area contributed by atoms with E-state index in [1.807, 2.05) is 22.9 Å². The maximum atomic E-state index is 9.16. The minimum absolute atomic E-state index is 0.126. The van der Waals surface area contributed by atoms with Crippen molar-refractivity contribution in [2.24, 2.45) is 5.16 Å². The highest BCUT2D eigenvalue weighted by atomic mass is 16.4. The lowest BCUT2D eigenvalue weighted by atomic mass is 9.98. The van der Waals surface area contributed by atoms with Crippen molar-refractivity contribution in [1.29, 1.82) is 0 Å². The molecule has 7 nitrogen and oxygen atoms in total. The van der Waals surface area contributed by atoms with E-state index in [0.717, 1.165) is 53.0 Å². The fourth-order valence-corrected chi connectivity index (χ4v) is 3.61. The number of rotatable bonds is 7. The van der Waals surface area contributed by atoms with E-state index in [9.17, 15) is 0 Å². The van der Waals surface area contributed by atoms with Gasteiger partial charge in [0.05, 0.1) is 18.9 Å². The fourth-order valence-electron chi connectivity index (χ4n) is 3.61. The SMILES string of the molecule is OCCNCCn1cc(-c2ccc3c(c2)CCC3=NO)c(-c2ccncc2)n1. The van der Waals surface area contributed by atoms with Gasteiger partial charge in [0.25, 0.3) is 0 Å². The molecule has 0 unspecified atom stereocenters. The number of nitrogens with one attached hydrogen (secondary N) is 1. The molecular formula is C21H23N5O2. The van der Waals surface area contributed by atoms with E-state index in [4.69, 9.17) is 15.4 Å². The van der Waals surface area contributed by atoms with Crippen LogP contribution in [0.3, 0.4) is 0 Å². The van der Waals surface area contributed by atoms with Crippen molar-refractivity contribution in [2.75, 3.05) is 19.7 Å². The Morgan fingerprint density at radius 2 is 1.89 bits per heavy atom. The summed E-state index contributed by atoms with van der Waals surface area (Å²) in [5, 5.41) is 29.5. The van der Waals surface area contributed by atoms with Crippen LogP contribution in [0.2, 0.25) is 0 Å². The molecule has 7 heteroatoms. The van der Waals surface area contributed by atoms with Crippen LogP contribution in [0.5, 0.6) is 0 Å². The molecule has 2 aromatic heterocycles. The molecular weight excluding hydrogens is 354 g/mol. The molecule has 28 heavy (non-hydrogen) atoms. The molecule has 0 fully saturated rings. The maximum absolute atomic E-state index is 9.16. The van der Waals surface area contributed by atoms with Crippen LogP contribution < -0.4 is 5.32 Å². The zero-order valence-electron chi connectivity index (χ0n) is 15.5. The Morgan fingerprint density at radius 3 is 2.68 bits per heavy atom. The van der Waals surface area contributed by atoms with E-state index in [1.54, 1.807) is 12.4 Å². The predicted molar refractivity (Wildman–Crippen MR) is 107 cm³/mol. The summed E-state index contributed by atoms with van der Waals surface area (Å²) in [4.78, 5) is 4.11. The van der Waals surface area contributed by atoms with E-state index in [1.165, 1.54) is 5.56 Å². The van der Waals surface area contributed by atoms with Gasteiger partial charge in [-0.1, -0.05) is 23.4 Å². The van der Waals surface area contributed by atoms with Gasteiger partial charge in [-0.15, -0.1) is 0 Å². The second-order valence-electron chi connectivity index (χ2n) is 6.78. The number of hydrogen-bond donors (Lipinski definition) is 3. The topological polar surface area (TPSA) is 95.6 Å². The standard InChI is InChI=1S/C21H23N5O2/c27-12-10-23-9-11-26-14-19(21(24-26)15-5-7-22-8-6-15)17-1-3-18-16(13-17)2-4-20(18)25-28/h1,3,5-8,13-14,23,27-28H,2,4,9-12H2. The molecule has 0 atom stereocenters. The highest BCUT2D eigenvalue weighted by Gasteiger charge is 2.20. The third kappa shape index (κ3) is 3.67. The lowest BCUT2D eigenvalue weighted by Gasteiger charge is -2.06. The molecule has 0 radical (unpaired) electrons. The van der Waals surface area contributed by atoms with E-state index < -0.39 is 0 Å². The number of fused-ring (bicyclic) bond motifs is 1. The lowest BCUT2D eigenvalue weighted by molar-refractivity contribution is 0.291. The molecule has 0 saturated carbocycles. The van der Waals surface area contributed by atoms with E-state index in [-0.39, 0.29) is 6.61 Å². The summed E-state index contributed by atoms with van der Waals surface area (Å²) < 4.78 is 1.93. The number of oxime groups is 1. The normalized spacial score (nSPS) is 14.5. The Hall–Kier alpha value is -3.03. The van der Waals surface area contributed by atoms with Crippen LogP contribution in [0.1, 0.15) is 17.5 Å². The zero-order valence-corrected chi connectivity index (χ0v) is 15.5. The Labute approximate surface area is 163 Å². The predicted octanol–water partition coefficient (Wildman–Crippen LogP) is 2.32. The smallest absolute Gasteiger partial charge is 0.100 e. The van der Waals surface area contributed by atoms with Crippen LogP contribution in [0, 0.1) is 0 Å². The van der Waals surface area contributed by atoms with E-state index in [2.05, 4.69) is 33.8 Å². The third-order valence-electron chi connectivity index (χ3n) is 5.00. The Balaban J connectivity index is 1.70. The van der Waals surface area contributed by atoms with Gasteiger partial charge in [0.1, 0.15) is 5.69 Å². The lowest BCUT2D eigenvalue weighted by Crippen LogP contribution is -2.23. The molecule has 1 aliphatic rings. The molecule has 1 aliphatic carbocycles.